The Morgan fingerprint density at radius 1 is 1.29 bits per heavy atom. The number of hydrogen-bond acceptors (Lipinski definition) is 5. The van der Waals surface area contributed by atoms with Crippen molar-refractivity contribution in [2.24, 2.45) is 0 Å². The van der Waals surface area contributed by atoms with Gasteiger partial charge in [-0.25, -0.2) is 0 Å². The van der Waals surface area contributed by atoms with Crippen LogP contribution in [0.5, 0.6) is 17.4 Å². The molecule has 0 aliphatic rings. The maximum Gasteiger partial charge on any atom is 0.244 e. The van der Waals surface area contributed by atoms with Gasteiger partial charge in [-0.2, -0.15) is 4.98 Å². The van der Waals surface area contributed by atoms with Gasteiger partial charge in [0.15, 0.2) is 16.5 Å². The van der Waals surface area contributed by atoms with Gasteiger partial charge in [0.25, 0.3) is 0 Å². The lowest BCUT2D eigenvalue weighted by molar-refractivity contribution is 0.267. The topological polar surface area (TPSA) is 56.0 Å². The van der Waals surface area contributed by atoms with E-state index in [0.29, 0.717) is 29.7 Å². The molecular weight excluding hydrogens is 288 g/mol. The van der Waals surface area contributed by atoms with Crippen molar-refractivity contribution in [1.29, 1.82) is 0 Å². The summed E-state index contributed by atoms with van der Waals surface area (Å²) >= 11 is 1.50. The van der Waals surface area contributed by atoms with Gasteiger partial charge in [0.1, 0.15) is 5.69 Å². The lowest BCUT2D eigenvalue weighted by atomic mass is 10.3. The van der Waals surface area contributed by atoms with E-state index in [1.54, 1.807) is 0 Å². The molecule has 3 rings (SSSR count). The summed E-state index contributed by atoms with van der Waals surface area (Å²) in [5, 5.41) is 11.5. The highest BCUT2D eigenvalue weighted by Gasteiger charge is 2.16. The normalized spacial score (nSPS) is 11.0. The minimum absolute atomic E-state index is 0.134. The fourth-order valence-corrected chi connectivity index (χ4v) is 2.73. The zero-order valence-electron chi connectivity index (χ0n) is 11.7. The fraction of sp³-hybridized carbons (Fsp3) is 0.267. The summed E-state index contributed by atoms with van der Waals surface area (Å²) < 4.78 is 13.4. The van der Waals surface area contributed by atoms with Gasteiger partial charge < -0.3 is 14.6 Å². The van der Waals surface area contributed by atoms with Crippen LogP contribution in [0.3, 0.4) is 0 Å². The Morgan fingerprint density at radius 2 is 2.10 bits per heavy atom. The van der Waals surface area contributed by atoms with Gasteiger partial charge in [-0.15, -0.1) is 11.3 Å². The zero-order valence-corrected chi connectivity index (χ0v) is 12.5. The van der Waals surface area contributed by atoms with Crippen molar-refractivity contribution in [3.63, 3.8) is 0 Å². The number of hydrogen-bond donors (Lipinski definition) is 1. The van der Waals surface area contributed by atoms with E-state index in [9.17, 15) is 5.11 Å². The summed E-state index contributed by atoms with van der Waals surface area (Å²) in [5.74, 6) is 1.70. The Kier molecular flexibility index (Phi) is 4.08. The van der Waals surface area contributed by atoms with E-state index in [1.807, 2.05) is 40.2 Å². The molecule has 0 unspecified atom stereocenters. The molecule has 0 fully saturated rings. The van der Waals surface area contributed by atoms with Gasteiger partial charge in [-0.3, -0.25) is 4.40 Å². The Hall–Kier alpha value is -2.05. The molecule has 6 heteroatoms. The molecule has 1 N–H and O–H groups in total. The minimum Gasteiger partial charge on any atom is -0.490 e. The number of imidazole rings is 1. The molecule has 21 heavy (non-hydrogen) atoms. The van der Waals surface area contributed by atoms with E-state index in [4.69, 9.17) is 9.47 Å². The lowest BCUT2D eigenvalue weighted by Crippen LogP contribution is -1.98. The number of nitrogens with zero attached hydrogens (tertiary/aromatic N) is 2. The molecule has 0 atom stereocenters. The van der Waals surface area contributed by atoms with Crippen LogP contribution < -0.4 is 9.47 Å². The first-order chi connectivity index (χ1) is 10.3. The maximum atomic E-state index is 9.54. The molecular formula is C15H16N2O3S. The Morgan fingerprint density at radius 3 is 2.86 bits per heavy atom. The summed E-state index contributed by atoms with van der Waals surface area (Å²) in [4.78, 5) is 5.20. The van der Waals surface area contributed by atoms with Crippen molar-refractivity contribution in [3.05, 3.63) is 41.5 Å². The standard InChI is InChI=1S/C15H16N2O3S/c1-2-8-19-12-5-3-4-6-13(12)20-14-11(10-18)17-7-9-21-15(17)16-14/h3-7,9,18H,2,8,10H2,1H3. The quantitative estimate of drug-likeness (QED) is 0.757. The number of para-hydroxylation sites is 2. The summed E-state index contributed by atoms with van der Waals surface area (Å²) in [6.45, 7) is 2.55. The number of ether oxygens (including phenoxy) is 2. The molecule has 0 bridgehead atoms. The third-order valence-electron chi connectivity index (χ3n) is 2.99. The molecule has 0 spiro atoms. The van der Waals surface area contributed by atoms with Crippen molar-refractivity contribution in [2.75, 3.05) is 6.61 Å². The molecule has 0 aliphatic carbocycles. The number of benzene rings is 1. The average Bonchev–Trinajstić information content (AvgIpc) is 3.06. The maximum absolute atomic E-state index is 9.54. The fourth-order valence-electron chi connectivity index (χ4n) is 2.01. The largest absolute Gasteiger partial charge is 0.490 e. The van der Waals surface area contributed by atoms with Gasteiger partial charge in [0, 0.05) is 11.6 Å². The molecule has 0 saturated heterocycles. The van der Waals surface area contributed by atoms with Crippen LogP contribution in [0.25, 0.3) is 4.96 Å². The molecule has 0 aliphatic heterocycles. The molecule has 5 nitrogen and oxygen atoms in total. The van der Waals surface area contributed by atoms with E-state index < -0.39 is 0 Å². The van der Waals surface area contributed by atoms with Gasteiger partial charge in [-0.1, -0.05) is 19.1 Å². The first kappa shape index (κ1) is 13.9. The van der Waals surface area contributed by atoms with Crippen LogP contribution in [0.2, 0.25) is 0 Å². The summed E-state index contributed by atoms with van der Waals surface area (Å²) in [6.07, 6.45) is 2.79. The van der Waals surface area contributed by atoms with E-state index in [-0.39, 0.29) is 6.61 Å². The smallest absolute Gasteiger partial charge is 0.244 e. The number of rotatable bonds is 6. The Labute approximate surface area is 126 Å². The molecule has 1 aromatic carbocycles. The van der Waals surface area contributed by atoms with Crippen LogP contribution in [-0.4, -0.2) is 21.1 Å². The highest BCUT2D eigenvalue weighted by molar-refractivity contribution is 7.15. The van der Waals surface area contributed by atoms with Crippen LogP contribution in [0.1, 0.15) is 19.0 Å². The Bertz CT molecular complexity index is 735. The first-order valence-electron chi connectivity index (χ1n) is 6.78. The van der Waals surface area contributed by atoms with Gasteiger partial charge in [0.2, 0.25) is 5.88 Å². The average molecular weight is 304 g/mol. The van der Waals surface area contributed by atoms with Crippen LogP contribution in [-0.2, 0) is 6.61 Å². The number of thiazole rings is 1. The van der Waals surface area contributed by atoms with Gasteiger partial charge >= 0.3 is 0 Å². The van der Waals surface area contributed by atoms with Crippen molar-refractivity contribution in [3.8, 4) is 17.4 Å². The van der Waals surface area contributed by atoms with Gasteiger partial charge in [0.05, 0.1) is 13.2 Å². The second kappa shape index (κ2) is 6.15. The summed E-state index contributed by atoms with van der Waals surface area (Å²) in [7, 11) is 0. The van der Waals surface area contributed by atoms with E-state index >= 15 is 0 Å². The summed E-state index contributed by atoms with van der Waals surface area (Å²) in [5.41, 5.74) is 0.636. The third kappa shape index (κ3) is 2.72. The van der Waals surface area contributed by atoms with E-state index in [2.05, 4.69) is 11.9 Å². The molecule has 2 heterocycles. The van der Waals surface area contributed by atoms with Gasteiger partial charge in [-0.05, 0) is 18.6 Å². The van der Waals surface area contributed by atoms with E-state index in [1.165, 1.54) is 11.3 Å². The van der Waals surface area contributed by atoms with Crippen LogP contribution in [0, 0.1) is 0 Å². The molecule has 2 aromatic heterocycles. The van der Waals surface area contributed by atoms with Crippen LogP contribution >= 0.6 is 11.3 Å². The highest BCUT2D eigenvalue weighted by Crippen LogP contribution is 2.33. The SMILES string of the molecule is CCCOc1ccccc1Oc1nc2sccn2c1CO. The highest BCUT2D eigenvalue weighted by atomic mass is 32.1. The molecule has 3 aromatic rings. The molecule has 0 saturated carbocycles. The van der Waals surface area contributed by atoms with Crippen molar-refractivity contribution in [2.45, 2.75) is 20.0 Å². The molecule has 0 radical (unpaired) electrons. The van der Waals surface area contributed by atoms with E-state index in [0.717, 1.165) is 11.4 Å². The second-order valence-corrected chi connectivity index (χ2v) is 5.35. The molecule has 110 valence electrons. The lowest BCUT2D eigenvalue weighted by Gasteiger charge is -2.11. The number of aliphatic hydroxyl groups is 1. The van der Waals surface area contributed by atoms with Crippen molar-refractivity contribution in [1.82, 2.24) is 9.38 Å². The van der Waals surface area contributed by atoms with Crippen molar-refractivity contribution < 1.29 is 14.6 Å². The monoisotopic (exact) mass is 304 g/mol. The van der Waals surface area contributed by atoms with Crippen LogP contribution in [0.4, 0.5) is 0 Å². The predicted octanol–water partition coefficient (Wildman–Crippen LogP) is 3.47. The number of aromatic nitrogens is 2. The Balaban J connectivity index is 1.93. The van der Waals surface area contributed by atoms with Crippen molar-refractivity contribution >= 4 is 16.3 Å². The third-order valence-corrected chi connectivity index (χ3v) is 3.75. The number of aliphatic hydroxyl groups excluding tert-OH is 1. The zero-order chi connectivity index (χ0) is 14.7. The van der Waals surface area contributed by atoms with Crippen LogP contribution in [0.15, 0.2) is 35.8 Å². The minimum atomic E-state index is -0.134. The summed E-state index contributed by atoms with van der Waals surface area (Å²) in [6, 6.07) is 7.48. The number of fused-ring (bicyclic) bond motifs is 1. The predicted molar refractivity (Wildman–Crippen MR) is 81.3 cm³/mol. The first-order valence-corrected chi connectivity index (χ1v) is 7.66. The second-order valence-electron chi connectivity index (χ2n) is 4.47. The molecule has 0 amide bonds.